The molecule has 2 aromatic rings. The molecule has 0 aliphatic carbocycles. The Kier molecular flexibility index (Phi) is 5.22. The van der Waals surface area contributed by atoms with E-state index in [1.807, 2.05) is 7.05 Å². The van der Waals surface area contributed by atoms with Gasteiger partial charge in [-0.05, 0) is 44.8 Å². The van der Waals surface area contributed by atoms with E-state index in [1.54, 1.807) is 0 Å². The monoisotopic (exact) mass is 256 g/mol. The van der Waals surface area contributed by atoms with Crippen molar-refractivity contribution in [3.63, 3.8) is 0 Å². The van der Waals surface area contributed by atoms with E-state index in [0.29, 0.717) is 0 Å². The summed E-state index contributed by atoms with van der Waals surface area (Å²) in [4.78, 5) is 2.48. The lowest BCUT2D eigenvalue weighted by molar-refractivity contribution is 0.659. The van der Waals surface area contributed by atoms with Gasteiger partial charge in [0.15, 0.2) is 0 Å². The first-order chi connectivity index (χ1) is 9.36. The fourth-order valence-corrected chi connectivity index (χ4v) is 2.54. The molecule has 0 saturated heterocycles. The van der Waals surface area contributed by atoms with Crippen molar-refractivity contribution in [3.05, 3.63) is 42.5 Å². The standard InChI is InChI=1S/C17H24N2/c1-3-19(14-7-6-13-18-2)17-12-8-10-15-9-4-5-11-16(15)17/h4-5,8-12,18H,3,6-7,13-14H2,1-2H3. The van der Waals surface area contributed by atoms with Gasteiger partial charge >= 0.3 is 0 Å². The SMILES string of the molecule is CCN(CCCCNC)c1cccc2ccccc12. The van der Waals surface area contributed by atoms with Gasteiger partial charge in [-0.2, -0.15) is 0 Å². The van der Waals surface area contributed by atoms with Crippen molar-refractivity contribution in [2.24, 2.45) is 0 Å². The molecule has 2 aromatic carbocycles. The largest absolute Gasteiger partial charge is 0.371 e. The third-order valence-electron chi connectivity index (χ3n) is 3.59. The van der Waals surface area contributed by atoms with Gasteiger partial charge in [0.25, 0.3) is 0 Å². The van der Waals surface area contributed by atoms with E-state index in [-0.39, 0.29) is 0 Å². The van der Waals surface area contributed by atoms with Crippen LogP contribution in [0.25, 0.3) is 10.8 Å². The Morgan fingerprint density at radius 3 is 2.58 bits per heavy atom. The van der Waals surface area contributed by atoms with Crippen molar-refractivity contribution in [3.8, 4) is 0 Å². The number of hydrogen-bond donors (Lipinski definition) is 1. The molecule has 0 aliphatic heterocycles. The molecule has 0 heterocycles. The van der Waals surface area contributed by atoms with Gasteiger partial charge in [0.2, 0.25) is 0 Å². The summed E-state index contributed by atoms with van der Waals surface area (Å²) >= 11 is 0. The van der Waals surface area contributed by atoms with Crippen LogP contribution in [0.15, 0.2) is 42.5 Å². The van der Waals surface area contributed by atoms with Gasteiger partial charge in [-0.1, -0.05) is 36.4 Å². The lowest BCUT2D eigenvalue weighted by Crippen LogP contribution is -2.24. The summed E-state index contributed by atoms with van der Waals surface area (Å²) in [5, 5.41) is 5.90. The summed E-state index contributed by atoms with van der Waals surface area (Å²) in [5.74, 6) is 0. The molecule has 0 aliphatic rings. The minimum Gasteiger partial charge on any atom is -0.371 e. The molecule has 2 rings (SSSR count). The Hall–Kier alpha value is -1.54. The van der Waals surface area contributed by atoms with Gasteiger partial charge in [0.05, 0.1) is 0 Å². The van der Waals surface area contributed by atoms with Crippen LogP contribution in [0.5, 0.6) is 0 Å². The summed E-state index contributed by atoms with van der Waals surface area (Å²) in [6.07, 6.45) is 2.47. The summed E-state index contributed by atoms with van der Waals surface area (Å²) in [6.45, 7) is 5.53. The molecule has 1 N–H and O–H groups in total. The fraction of sp³-hybridized carbons (Fsp3) is 0.412. The first-order valence-electron chi connectivity index (χ1n) is 7.24. The molecule has 0 radical (unpaired) electrons. The summed E-state index contributed by atoms with van der Waals surface area (Å²) in [6, 6.07) is 15.2. The minimum atomic E-state index is 1.06. The lowest BCUT2D eigenvalue weighted by Gasteiger charge is -2.24. The highest BCUT2D eigenvalue weighted by atomic mass is 15.1. The summed E-state index contributed by atoms with van der Waals surface area (Å²) in [5.41, 5.74) is 1.37. The quantitative estimate of drug-likeness (QED) is 0.760. The second-order valence-electron chi connectivity index (χ2n) is 4.89. The predicted octanol–water partition coefficient (Wildman–Crippen LogP) is 3.67. The highest BCUT2D eigenvalue weighted by Crippen LogP contribution is 2.26. The normalized spacial score (nSPS) is 10.8. The third-order valence-corrected chi connectivity index (χ3v) is 3.59. The van der Waals surface area contributed by atoms with E-state index >= 15 is 0 Å². The van der Waals surface area contributed by atoms with Gasteiger partial charge in [0.1, 0.15) is 0 Å². The molecule has 2 heteroatoms. The van der Waals surface area contributed by atoms with E-state index in [4.69, 9.17) is 0 Å². The molecule has 2 nitrogen and oxygen atoms in total. The van der Waals surface area contributed by atoms with Crippen molar-refractivity contribution in [2.45, 2.75) is 19.8 Å². The van der Waals surface area contributed by atoms with E-state index in [1.165, 1.54) is 29.3 Å². The Labute approximate surface area is 116 Å². The third kappa shape index (κ3) is 3.48. The molecule has 0 saturated carbocycles. The first kappa shape index (κ1) is 13.9. The number of rotatable bonds is 7. The van der Waals surface area contributed by atoms with Crippen molar-refractivity contribution < 1.29 is 0 Å². The minimum absolute atomic E-state index is 1.06. The zero-order valence-electron chi connectivity index (χ0n) is 12.0. The number of fused-ring (bicyclic) bond motifs is 1. The van der Waals surface area contributed by atoms with Crippen LogP contribution in [0.3, 0.4) is 0 Å². The van der Waals surface area contributed by atoms with Gasteiger partial charge in [0, 0.05) is 24.2 Å². The zero-order valence-corrected chi connectivity index (χ0v) is 12.0. The molecule has 102 valence electrons. The molecule has 0 amide bonds. The van der Waals surface area contributed by atoms with Crippen molar-refractivity contribution in [2.75, 3.05) is 31.6 Å². The molecule has 19 heavy (non-hydrogen) atoms. The van der Waals surface area contributed by atoms with Crippen molar-refractivity contribution >= 4 is 16.5 Å². The van der Waals surface area contributed by atoms with Gasteiger partial charge in [-0.3, -0.25) is 0 Å². The van der Waals surface area contributed by atoms with Crippen LogP contribution in [-0.2, 0) is 0 Å². The molecule has 0 fully saturated rings. The number of unbranched alkanes of at least 4 members (excludes halogenated alkanes) is 1. The predicted molar refractivity (Wildman–Crippen MR) is 85.0 cm³/mol. The molecule has 0 atom stereocenters. The molecule has 0 bridgehead atoms. The van der Waals surface area contributed by atoms with Gasteiger partial charge in [-0.25, -0.2) is 0 Å². The summed E-state index contributed by atoms with van der Waals surface area (Å²) in [7, 11) is 2.02. The van der Waals surface area contributed by atoms with Crippen LogP contribution in [-0.4, -0.2) is 26.7 Å². The Balaban J connectivity index is 2.16. The maximum Gasteiger partial charge on any atom is 0.0445 e. The molecule has 0 spiro atoms. The number of anilines is 1. The van der Waals surface area contributed by atoms with Crippen molar-refractivity contribution in [1.29, 1.82) is 0 Å². The number of nitrogens with one attached hydrogen (secondary N) is 1. The Morgan fingerprint density at radius 1 is 1.00 bits per heavy atom. The van der Waals surface area contributed by atoms with Crippen LogP contribution in [0.2, 0.25) is 0 Å². The zero-order chi connectivity index (χ0) is 13.5. The smallest absolute Gasteiger partial charge is 0.0445 e. The number of hydrogen-bond acceptors (Lipinski definition) is 2. The van der Waals surface area contributed by atoms with E-state index in [0.717, 1.165) is 19.6 Å². The first-order valence-corrected chi connectivity index (χ1v) is 7.24. The van der Waals surface area contributed by atoms with E-state index in [9.17, 15) is 0 Å². The van der Waals surface area contributed by atoms with Crippen LogP contribution in [0.1, 0.15) is 19.8 Å². The molecule has 0 unspecified atom stereocenters. The Bertz CT molecular complexity index is 502. The highest BCUT2D eigenvalue weighted by molar-refractivity contribution is 5.94. The fourth-order valence-electron chi connectivity index (χ4n) is 2.54. The summed E-state index contributed by atoms with van der Waals surface area (Å²) < 4.78 is 0. The van der Waals surface area contributed by atoms with Crippen LogP contribution in [0.4, 0.5) is 5.69 Å². The van der Waals surface area contributed by atoms with Gasteiger partial charge < -0.3 is 10.2 Å². The second-order valence-corrected chi connectivity index (χ2v) is 4.89. The van der Waals surface area contributed by atoms with Crippen molar-refractivity contribution in [1.82, 2.24) is 5.32 Å². The topological polar surface area (TPSA) is 15.3 Å². The average molecular weight is 256 g/mol. The molecular formula is C17H24N2. The number of benzene rings is 2. The Morgan fingerprint density at radius 2 is 1.79 bits per heavy atom. The molecular weight excluding hydrogens is 232 g/mol. The van der Waals surface area contributed by atoms with E-state index < -0.39 is 0 Å². The van der Waals surface area contributed by atoms with Gasteiger partial charge in [-0.15, -0.1) is 0 Å². The molecule has 0 aromatic heterocycles. The van der Waals surface area contributed by atoms with Crippen LogP contribution < -0.4 is 10.2 Å². The van der Waals surface area contributed by atoms with Crippen LogP contribution in [0, 0.1) is 0 Å². The maximum absolute atomic E-state index is 3.21. The van der Waals surface area contributed by atoms with E-state index in [2.05, 4.69) is 59.6 Å². The average Bonchev–Trinajstić information content (AvgIpc) is 2.47. The van der Waals surface area contributed by atoms with Crippen LogP contribution >= 0.6 is 0 Å². The maximum atomic E-state index is 3.21. The highest BCUT2D eigenvalue weighted by Gasteiger charge is 2.07. The lowest BCUT2D eigenvalue weighted by atomic mass is 10.1. The number of nitrogens with zero attached hydrogens (tertiary/aromatic N) is 1. The second kappa shape index (κ2) is 7.15.